The summed E-state index contributed by atoms with van der Waals surface area (Å²) in [6, 6.07) is 17.7. The van der Waals surface area contributed by atoms with Gasteiger partial charge in [-0.15, -0.1) is 0 Å². The molecule has 3 heterocycles. The highest BCUT2D eigenvalue weighted by Gasteiger charge is 2.63. The van der Waals surface area contributed by atoms with Gasteiger partial charge in [0, 0.05) is 21.6 Å². The Morgan fingerprint density at radius 2 is 1.95 bits per heavy atom. The van der Waals surface area contributed by atoms with Crippen LogP contribution in [-0.2, 0) is 0 Å². The van der Waals surface area contributed by atoms with Crippen molar-refractivity contribution in [1.82, 2.24) is 4.90 Å². The summed E-state index contributed by atoms with van der Waals surface area (Å²) in [5, 5.41) is 0. The molecule has 3 heteroatoms. The summed E-state index contributed by atoms with van der Waals surface area (Å²) in [4.78, 5) is 2.59. The van der Waals surface area contributed by atoms with Crippen molar-refractivity contribution in [2.75, 3.05) is 13.2 Å². The van der Waals surface area contributed by atoms with E-state index in [-0.39, 0.29) is 5.54 Å². The fraction of sp³-hybridized carbons (Fsp3) is 0.263. The number of halogens is 1. The van der Waals surface area contributed by atoms with Crippen molar-refractivity contribution in [3.05, 3.63) is 75.4 Å². The molecule has 0 saturated carbocycles. The van der Waals surface area contributed by atoms with Crippen molar-refractivity contribution in [2.45, 2.75) is 17.5 Å². The zero-order chi connectivity index (χ0) is 14.7. The van der Waals surface area contributed by atoms with E-state index >= 15 is 0 Å². The number of nitrogens with zero attached hydrogens (tertiary/aromatic N) is 1. The lowest BCUT2D eigenvalue weighted by Crippen LogP contribution is -2.40. The highest BCUT2D eigenvalue weighted by Crippen LogP contribution is 2.57. The van der Waals surface area contributed by atoms with Crippen LogP contribution < -0.4 is 4.74 Å². The lowest BCUT2D eigenvalue weighted by molar-refractivity contribution is 0.178. The molecule has 0 amide bonds. The van der Waals surface area contributed by atoms with Crippen molar-refractivity contribution in [3.8, 4) is 5.75 Å². The Bertz CT molecular complexity index is 772. The summed E-state index contributed by atoms with van der Waals surface area (Å²) in [5.41, 5.74) is 2.90. The van der Waals surface area contributed by atoms with E-state index in [1.807, 2.05) is 0 Å². The second kappa shape index (κ2) is 4.59. The Labute approximate surface area is 143 Å². The van der Waals surface area contributed by atoms with Gasteiger partial charge in [0.05, 0.1) is 11.6 Å². The van der Waals surface area contributed by atoms with Gasteiger partial charge < -0.3 is 4.74 Å². The molecule has 0 N–H and O–H groups in total. The third-order valence-electron chi connectivity index (χ3n) is 5.24. The zero-order valence-corrected chi connectivity index (χ0v) is 14.2. The molecule has 2 aromatic rings. The highest BCUT2D eigenvalue weighted by molar-refractivity contribution is 14.1. The molecule has 110 valence electrons. The number of hydrogen-bond acceptors (Lipinski definition) is 2. The number of fused-ring (bicyclic) bond motifs is 2. The summed E-state index contributed by atoms with van der Waals surface area (Å²) in [6.07, 6.45) is 4.79. The van der Waals surface area contributed by atoms with E-state index in [1.54, 1.807) is 0 Å². The molecule has 22 heavy (non-hydrogen) atoms. The smallest absolute Gasteiger partial charge is 0.123 e. The second-order valence-corrected chi connectivity index (χ2v) is 7.67. The summed E-state index contributed by atoms with van der Waals surface area (Å²) < 4.78 is 7.38. The molecule has 1 fully saturated rings. The van der Waals surface area contributed by atoms with Crippen molar-refractivity contribution in [3.63, 3.8) is 0 Å². The van der Waals surface area contributed by atoms with E-state index in [9.17, 15) is 0 Å². The van der Waals surface area contributed by atoms with E-state index in [4.69, 9.17) is 4.74 Å². The average Bonchev–Trinajstić information content (AvgIpc) is 3.29. The maximum atomic E-state index is 6.10. The quantitative estimate of drug-likeness (QED) is 0.405. The van der Waals surface area contributed by atoms with Gasteiger partial charge in [0.15, 0.2) is 0 Å². The fourth-order valence-electron chi connectivity index (χ4n) is 4.06. The molecule has 0 bridgehead atoms. The predicted octanol–water partition coefficient (Wildman–Crippen LogP) is 4.13. The van der Waals surface area contributed by atoms with Crippen molar-refractivity contribution >= 4 is 22.6 Å². The molecule has 3 aliphatic heterocycles. The fourth-order valence-corrected chi connectivity index (χ4v) is 4.58. The van der Waals surface area contributed by atoms with E-state index in [1.165, 1.54) is 14.7 Å². The van der Waals surface area contributed by atoms with E-state index in [2.05, 4.69) is 88.2 Å². The van der Waals surface area contributed by atoms with Crippen LogP contribution in [0.4, 0.5) is 0 Å². The largest absolute Gasteiger partial charge is 0.491 e. The third kappa shape index (κ3) is 1.75. The Kier molecular flexibility index (Phi) is 2.74. The zero-order valence-electron chi connectivity index (χ0n) is 12.1. The van der Waals surface area contributed by atoms with Gasteiger partial charge in [-0.25, -0.2) is 0 Å². The Hall–Kier alpha value is -1.33. The summed E-state index contributed by atoms with van der Waals surface area (Å²) >= 11 is 2.39. The average molecular weight is 401 g/mol. The topological polar surface area (TPSA) is 12.2 Å². The first kappa shape index (κ1) is 13.1. The van der Waals surface area contributed by atoms with Crippen LogP contribution in [0.5, 0.6) is 5.75 Å². The van der Waals surface area contributed by atoms with Gasteiger partial charge in [-0.3, -0.25) is 4.90 Å². The summed E-state index contributed by atoms with van der Waals surface area (Å²) in [7, 11) is 0. The monoisotopic (exact) mass is 401 g/mol. The van der Waals surface area contributed by atoms with Crippen LogP contribution in [0.25, 0.3) is 0 Å². The van der Waals surface area contributed by atoms with Gasteiger partial charge in [-0.1, -0.05) is 42.5 Å². The van der Waals surface area contributed by atoms with E-state index in [0.29, 0.717) is 12.0 Å². The molecule has 2 aromatic carbocycles. The lowest BCUT2D eigenvalue weighted by atomic mass is 9.80. The molecule has 5 rings (SSSR count). The molecule has 1 saturated heterocycles. The number of rotatable bonds is 1. The Morgan fingerprint density at radius 1 is 1.09 bits per heavy atom. The predicted molar refractivity (Wildman–Crippen MR) is 95.2 cm³/mol. The minimum absolute atomic E-state index is 0.173. The van der Waals surface area contributed by atoms with Crippen LogP contribution in [0.2, 0.25) is 0 Å². The maximum absolute atomic E-state index is 6.10. The highest BCUT2D eigenvalue weighted by atomic mass is 127. The van der Waals surface area contributed by atoms with Crippen LogP contribution in [0.3, 0.4) is 0 Å². The van der Waals surface area contributed by atoms with Crippen LogP contribution in [0.15, 0.2) is 60.7 Å². The first-order valence-corrected chi connectivity index (χ1v) is 8.78. The van der Waals surface area contributed by atoms with Gasteiger partial charge in [0.25, 0.3) is 0 Å². The van der Waals surface area contributed by atoms with Crippen molar-refractivity contribution < 1.29 is 4.74 Å². The van der Waals surface area contributed by atoms with Crippen molar-refractivity contribution in [1.29, 1.82) is 0 Å². The Balaban J connectivity index is 1.58. The molecule has 2 nitrogen and oxygen atoms in total. The molecule has 0 aliphatic carbocycles. The minimum Gasteiger partial charge on any atom is -0.491 e. The normalized spacial score (nSPS) is 34.1. The van der Waals surface area contributed by atoms with Gasteiger partial charge >= 0.3 is 0 Å². The van der Waals surface area contributed by atoms with Crippen molar-refractivity contribution in [2.24, 2.45) is 0 Å². The SMILES string of the molecule is Ic1ccc2c(c1)[C@@H]1C=C[C@H](c3ccccc3)N3C[C@]13CO2. The first-order valence-electron chi connectivity index (χ1n) is 7.70. The molecule has 3 aliphatic rings. The summed E-state index contributed by atoms with van der Waals surface area (Å²) in [6.45, 7) is 1.92. The van der Waals surface area contributed by atoms with Gasteiger partial charge in [-0.05, 0) is 46.4 Å². The Morgan fingerprint density at radius 3 is 2.82 bits per heavy atom. The van der Waals surface area contributed by atoms with E-state index in [0.717, 1.165) is 18.9 Å². The molecule has 0 aromatic heterocycles. The standard InChI is InChI=1S/C19H16INO/c20-14-6-9-18-15(10-14)16-7-8-17(13-4-2-1-3-5-13)21-11-19(16,21)12-22-18/h1-10,16-17H,11-12H2/t16-,17+,19-,21?/m0/s1. The third-order valence-corrected chi connectivity index (χ3v) is 5.91. The van der Waals surface area contributed by atoms with Gasteiger partial charge in [0.1, 0.15) is 12.4 Å². The molecule has 4 atom stereocenters. The molecular weight excluding hydrogens is 385 g/mol. The van der Waals surface area contributed by atoms with E-state index < -0.39 is 0 Å². The van der Waals surface area contributed by atoms with Crippen LogP contribution in [0, 0.1) is 3.57 Å². The van der Waals surface area contributed by atoms with Crippen LogP contribution in [-0.4, -0.2) is 23.6 Å². The van der Waals surface area contributed by atoms with Crippen LogP contribution >= 0.6 is 22.6 Å². The number of ether oxygens (including phenoxy) is 1. The van der Waals surface area contributed by atoms with Gasteiger partial charge in [0.2, 0.25) is 0 Å². The molecule has 0 radical (unpaired) electrons. The second-order valence-electron chi connectivity index (χ2n) is 6.42. The molecular formula is C19H16INO. The van der Waals surface area contributed by atoms with Gasteiger partial charge in [-0.2, -0.15) is 0 Å². The van der Waals surface area contributed by atoms with Crippen LogP contribution in [0.1, 0.15) is 23.1 Å². The number of hydrogen-bond donors (Lipinski definition) is 0. The lowest BCUT2D eigenvalue weighted by Gasteiger charge is -2.37. The maximum Gasteiger partial charge on any atom is 0.123 e. The molecule has 1 spiro atoms. The number of benzene rings is 2. The summed E-state index contributed by atoms with van der Waals surface area (Å²) in [5.74, 6) is 1.52. The minimum atomic E-state index is 0.173. The first-order chi connectivity index (χ1) is 10.8. The molecule has 1 unspecified atom stereocenters.